The van der Waals surface area contributed by atoms with Crippen LogP contribution in [-0.2, 0) is 4.79 Å². The number of hydrogen-bond acceptors (Lipinski definition) is 4. The van der Waals surface area contributed by atoms with Crippen molar-refractivity contribution in [1.29, 1.82) is 0 Å². The van der Waals surface area contributed by atoms with Crippen LogP contribution in [0.4, 0.5) is 0 Å². The summed E-state index contributed by atoms with van der Waals surface area (Å²) in [7, 11) is 0. The fourth-order valence-electron chi connectivity index (χ4n) is 5.59. The monoisotopic (exact) mass is 359 g/mol. The molecule has 2 saturated heterocycles. The maximum atomic E-state index is 13.1. The van der Waals surface area contributed by atoms with Gasteiger partial charge in [0.15, 0.2) is 0 Å². The predicted octanol–water partition coefficient (Wildman–Crippen LogP) is 2.71. The highest BCUT2D eigenvalue weighted by Crippen LogP contribution is 2.53. The highest BCUT2D eigenvalue weighted by Gasteiger charge is 2.58. The third kappa shape index (κ3) is 2.29. The first-order valence-electron chi connectivity index (χ1n) is 9.50. The summed E-state index contributed by atoms with van der Waals surface area (Å²) in [6.45, 7) is 5.23. The minimum Gasteiger partial charge on any atom is -0.341 e. The van der Waals surface area contributed by atoms with Gasteiger partial charge in [-0.2, -0.15) is 0 Å². The first kappa shape index (κ1) is 15.8. The third-order valence-corrected chi connectivity index (χ3v) is 7.91. The van der Waals surface area contributed by atoms with Crippen molar-refractivity contribution in [1.82, 2.24) is 14.2 Å². The van der Waals surface area contributed by atoms with Crippen LogP contribution < -0.4 is 0 Å². The second kappa shape index (κ2) is 5.29. The molecule has 1 spiro atoms. The molecule has 0 aromatic carbocycles. The van der Waals surface area contributed by atoms with Gasteiger partial charge in [0.2, 0.25) is 5.91 Å². The summed E-state index contributed by atoms with van der Waals surface area (Å²) in [5, 5.41) is 0. The lowest BCUT2D eigenvalue weighted by Crippen LogP contribution is -2.74. The number of likely N-dealkylation sites (tertiary alicyclic amines) is 2. The molecular formula is C19H25N3O2S. The fourth-order valence-corrected chi connectivity index (χ4v) is 6.15. The van der Waals surface area contributed by atoms with Crippen molar-refractivity contribution in [2.24, 2.45) is 16.7 Å². The SMILES string of the molecule is Cc1sncc1C(=O)N1CC2(C1)CN(C(=O)C13CCC(CC1)CC3)C2. The molecule has 3 aliphatic carbocycles. The van der Waals surface area contributed by atoms with Gasteiger partial charge in [-0.3, -0.25) is 9.59 Å². The molecule has 0 N–H and O–H groups in total. The molecule has 2 aliphatic heterocycles. The Morgan fingerprint density at radius 1 is 1.08 bits per heavy atom. The summed E-state index contributed by atoms with van der Waals surface area (Å²) in [5.41, 5.74) is 0.880. The van der Waals surface area contributed by atoms with Crippen molar-refractivity contribution in [3.05, 3.63) is 16.6 Å². The van der Waals surface area contributed by atoms with Crippen molar-refractivity contribution in [3.8, 4) is 0 Å². The number of hydrogen-bond donors (Lipinski definition) is 0. The number of nitrogens with zero attached hydrogens (tertiary/aromatic N) is 3. The Hall–Kier alpha value is -1.43. The van der Waals surface area contributed by atoms with Gasteiger partial charge >= 0.3 is 0 Å². The summed E-state index contributed by atoms with van der Waals surface area (Å²) >= 11 is 1.38. The fraction of sp³-hybridized carbons (Fsp3) is 0.737. The standard InChI is InChI=1S/C19H25N3O2S/c1-13-15(8-20-25-13)16(23)21-9-18(10-21)11-22(12-18)17(24)19-5-2-14(3-6-19)4-7-19/h8,14H,2-7,9-12H2,1H3. The van der Waals surface area contributed by atoms with Gasteiger partial charge in [0.25, 0.3) is 5.91 Å². The van der Waals surface area contributed by atoms with Crippen LogP contribution in [0, 0.1) is 23.7 Å². The lowest BCUT2D eigenvalue weighted by atomic mass is 9.59. The van der Waals surface area contributed by atoms with Gasteiger partial charge in [-0.15, -0.1) is 0 Å². The quantitative estimate of drug-likeness (QED) is 0.816. The summed E-state index contributed by atoms with van der Waals surface area (Å²) in [6.07, 6.45) is 8.75. The number of amides is 2. The van der Waals surface area contributed by atoms with E-state index in [4.69, 9.17) is 0 Å². The van der Waals surface area contributed by atoms with Gasteiger partial charge in [-0.05, 0) is 62.9 Å². The van der Waals surface area contributed by atoms with Crippen LogP contribution in [0.25, 0.3) is 0 Å². The third-order valence-electron chi connectivity index (χ3n) is 7.21. The summed E-state index contributed by atoms with van der Waals surface area (Å²) in [4.78, 5) is 30.6. The molecule has 2 amide bonds. The van der Waals surface area contributed by atoms with Crippen molar-refractivity contribution in [2.75, 3.05) is 26.2 Å². The Morgan fingerprint density at radius 3 is 2.24 bits per heavy atom. The molecule has 0 atom stereocenters. The molecule has 5 aliphatic rings. The molecule has 0 radical (unpaired) electrons. The number of aryl methyl sites for hydroxylation is 1. The molecule has 6 heteroatoms. The second-order valence-corrected chi connectivity index (χ2v) is 9.89. The van der Waals surface area contributed by atoms with Crippen molar-refractivity contribution >= 4 is 23.3 Å². The van der Waals surface area contributed by atoms with Crippen LogP contribution in [0.5, 0.6) is 0 Å². The van der Waals surface area contributed by atoms with E-state index in [1.165, 1.54) is 30.8 Å². The molecule has 2 bridgehead atoms. The van der Waals surface area contributed by atoms with Gasteiger partial charge < -0.3 is 9.80 Å². The first-order valence-corrected chi connectivity index (χ1v) is 10.3. The maximum absolute atomic E-state index is 13.1. The van der Waals surface area contributed by atoms with Crippen molar-refractivity contribution < 1.29 is 9.59 Å². The zero-order valence-corrected chi connectivity index (χ0v) is 15.6. The molecule has 5 nitrogen and oxygen atoms in total. The van der Waals surface area contributed by atoms with Gasteiger partial charge in [-0.1, -0.05) is 0 Å². The molecule has 0 unspecified atom stereocenters. The number of fused-ring (bicyclic) bond motifs is 3. The van der Waals surface area contributed by atoms with Crippen molar-refractivity contribution in [3.63, 3.8) is 0 Å². The van der Waals surface area contributed by atoms with Crippen LogP contribution in [-0.4, -0.2) is 52.2 Å². The Labute approximate surface area is 152 Å². The number of carbonyl (C=O) groups excluding carboxylic acids is 2. The number of aromatic nitrogens is 1. The molecule has 1 aromatic heterocycles. The lowest BCUT2D eigenvalue weighted by molar-refractivity contribution is -0.170. The van der Waals surface area contributed by atoms with Crippen LogP contribution in [0.1, 0.15) is 53.8 Å². The Morgan fingerprint density at radius 2 is 1.68 bits per heavy atom. The Bertz CT molecular complexity index is 707. The van der Waals surface area contributed by atoms with Gasteiger partial charge in [-0.25, -0.2) is 4.37 Å². The Balaban J connectivity index is 1.18. The molecule has 134 valence electrons. The smallest absolute Gasteiger partial charge is 0.256 e. The van der Waals surface area contributed by atoms with E-state index in [1.54, 1.807) is 6.20 Å². The zero-order valence-electron chi connectivity index (χ0n) is 14.8. The van der Waals surface area contributed by atoms with E-state index in [-0.39, 0.29) is 16.7 Å². The van der Waals surface area contributed by atoms with E-state index in [1.807, 2.05) is 11.8 Å². The number of carbonyl (C=O) groups is 2. The van der Waals surface area contributed by atoms with Crippen molar-refractivity contribution in [2.45, 2.75) is 45.4 Å². The van der Waals surface area contributed by atoms with E-state index < -0.39 is 0 Å². The molecular weight excluding hydrogens is 334 g/mol. The van der Waals surface area contributed by atoms with E-state index in [9.17, 15) is 9.59 Å². The summed E-state index contributed by atoms with van der Waals surface area (Å²) in [5.74, 6) is 1.41. The minimum absolute atomic E-state index is 0.0327. The average molecular weight is 359 g/mol. The topological polar surface area (TPSA) is 53.5 Å². The van der Waals surface area contributed by atoms with E-state index in [2.05, 4.69) is 9.27 Å². The number of rotatable bonds is 2. The first-order chi connectivity index (χ1) is 12.0. The summed E-state index contributed by atoms with van der Waals surface area (Å²) in [6, 6.07) is 0. The molecule has 3 saturated carbocycles. The Kier molecular flexibility index (Phi) is 3.34. The average Bonchev–Trinajstić information content (AvgIpc) is 2.99. The normalized spacial score (nSPS) is 32.4. The zero-order chi connectivity index (χ0) is 17.2. The predicted molar refractivity (Wildman–Crippen MR) is 95.4 cm³/mol. The molecule has 1 aromatic rings. The van der Waals surface area contributed by atoms with Gasteiger partial charge in [0.1, 0.15) is 0 Å². The van der Waals surface area contributed by atoms with Crippen LogP contribution in [0.15, 0.2) is 6.20 Å². The highest BCUT2D eigenvalue weighted by atomic mass is 32.1. The maximum Gasteiger partial charge on any atom is 0.256 e. The molecule has 3 heterocycles. The molecule has 25 heavy (non-hydrogen) atoms. The van der Waals surface area contributed by atoms with E-state index in [0.717, 1.165) is 61.8 Å². The molecule has 5 fully saturated rings. The molecule has 6 rings (SSSR count). The van der Waals surface area contributed by atoms with Gasteiger partial charge in [0.05, 0.1) is 11.8 Å². The highest BCUT2D eigenvalue weighted by molar-refractivity contribution is 7.06. The van der Waals surface area contributed by atoms with Gasteiger partial charge in [0, 0.05) is 41.9 Å². The van der Waals surface area contributed by atoms with E-state index >= 15 is 0 Å². The second-order valence-electron chi connectivity index (χ2n) is 8.88. The van der Waals surface area contributed by atoms with E-state index in [0.29, 0.717) is 5.91 Å². The lowest BCUT2D eigenvalue weighted by Gasteiger charge is -2.62. The summed E-state index contributed by atoms with van der Waals surface area (Å²) < 4.78 is 4.10. The minimum atomic E-state index is -0.0327. The van der Waals surface area contributed by atoms with Crippen LogP contribution in [0.2, 0.25) is 0 Å². The largest absolute Gasteiger partial charge is 0.341 e. The van der Waals surface area contributed by atoms with Crippen LogP contribution in [0.3, 0.4) is 0 Å². The van der Waals surface area contributed by atoms with Crippen LogP contribution >= 0.6 is 11.5 Å².